The first-order chi connectivity index (χ1) is 11.7. The molecule has 0 radical (unpaired) electrons. The van der Waals surface area contributed by atoms with Crippen LogP contribution in [0, 0.1) is 0 Å². The number of anilines is 1. The highest BCUT2D eigenvalue weighted by atomic mass is 35.5. The number of nitrogens with one attached hydrogen (secondary N) is 1. The molecule has 4 rings (SSSR count). The fourth-order valence-electron chi connectivity index (χ4n) is 2.96. The molecule has 1 saturated carbocycles. The molecule has 7 heteroatoms. The van der Waals surface area contributed by atoms with Crippen molar-refractivity contribution in [2.75, 3.05) is 18.4 Å². The Morgan fingerprint density at radius 1 is 1.21 bits per heavy atom. The second-order valence-electron chi connectivity index (χ2n) is 6.20. The van der Waals surface area contributed by atoms with E-state index in [0.29, 0.717) is 30.0 Å². The molecule has 0 saturated heterocycles. The molecule has 0 unspecified atom stereocenters. The summed E-state index contributed by atoms with van der Waals surface area (Å²) in [5.41, 5.74) is 2.55. The summed E-state index contributed by atoms with van der Waals surface area (Å²) in [6.45, 7) is 1.26. The third kappa shape index (κ3) is 3.19. The molecule has 1 amide bonds. The zero-order valence-electron chi connectivity index (χ0n) is 13.2. The Balaban J connectivity index is 1.53. The molecule has 0 spiro atoms. The van der Waals surface area contributed by atoms with Gasteiger partial charge in [0.25, 0.3) is 5.91 Å². The molecule has 2 aromatic heterocycles. The second-order valence-corrected chi connectivity index (χ2v) is 6.59. The number of hydrogen-bond acceptors (Lipinski definition) is 5. The Hall–Kier alpha value is -2.21. The highest BCUT2D eigenvalue weighted by Gasteiger charge is 2.26. The number of rotatable bonds is 3. The van der Waals surface area contributed by atoms with Crippen LogP contribution in [0.4, 0.5) is 5.82 Å². The minimum absolute atomic E-state index is 0.0880. The van der Waals surface area contributed by atoms with Crippen molar-refractivity contribution in [3.63, 3.8) is 0 Å². The van der Waals surface area contributed by atoms with Crippen LogP contribution in [0.1, 0.15) is 34.6 Å². The van der Waals surface area contributed by atoms with Gasteiger partial charge in [-0.3, -0.25) is 4.79 Å². The maximum Gasteiger partial charge on any atom is 0.272 e. The molecule has 0 atom stereocenters. The fraction of sp³-hybridized carbons (Fsp3) is 0.412. The van der Waals surface area contributed by atoms with Gasteiger partial charge in [-0.2, -0.15) is 0 Å². The third-order valence-corrected chi connectivity index (χ3v) is 4.63. The van der Waals surface area contributed by atoms with E-state index in [9.17, 15) is 4.79 Å². The molecule has 1 aliphatic heterocycles. The number of carbonyl (C=O) groups is 1. The van der Waals surface area contributed by atoms with Crippen LogP contribution in [0.25, 0.3) is 0 Å². The first-order valence-corrected chi connectivity index (χ1v) is 8.59. The van der Waals surface area contributed by atoms with E-state index in [0.717, 1.165) is 29.9 Å². The van der Waals surface area contributed by atoms with Crippen LogP contribution in [-0.2, 0) is 12.8 Å². The van der Waals surface area contributed by atoms with Gasteiger partial charge in [-0.1, -0.05) is 17.7 Å². The normalized spacial score (nSPS) is 17.1. The first-order valence-electron chi connectivity index (χ1n) is 8.22. The number of nitrogens with zero attached hydrogens (tertiary/aromatic N) is 4. The average Bonchev–Trinajstić information content (AvgIpc) is 3.41. The van der Waals surface area contributed by atoms with Crippen LogP contribution in [0.2, 0.25) is 5.15 Å². The summed E-state index contributed by atoms with van der Waals surface area (Å²) in [5.74, 6) is 0.840. The van der Waals surface area contributed by atoms with Gasteiger partial charge in [-0.05, 0) is 31.4 Å². The zero-order chi connectivity index (χ0) is 16.5. The molecule has 124 valence electrons. The number of aromatic nitrogens is 3. The summed E-state index contributed by atoms with van der Waals surface area (Å²) in [7, 11) is 0. The highest BCUT2D eigenvalue weighted by molar-refractivity contribution is 6.29. The smallest absolute Gasteiger partial charge is 0.272 e. The van der Waals surface area contributed by atoms with Crippen molar-refractivity contribution in [1.29, 1.82) is 0 Å². The van der Waals surface area contributed by atoms with Crippen LogP contribution >= 0.6 is 11.6 Å². The van der Waals surface area contributed by atoms with Gasteiger partial charge < -0.3 is 10.2 Å². The predicted molar refractivity (Wildman–Crippen MR) is 91.2 cm³/mol. The van der Waals surface area contributed by atoms with Crippen molar-refractivity contribution in [2.45, 2.75) is 31.7 Å². The van der Waals surface area contributed by atoms with Crippen molar-refractivity contribution >= 4 is 23.3 Å². The lowest BCUT2D eigenvalue weighted by atomic mass is 10.1. The molecule has 6 nitrogen and oxygen atoms in total. The first kappa shape index (κ1) is 15.3. The van der Waals surface area contributed by atoms with Gasteiger partial charge in [0.2, 0.25) is 0 Å². The third-order valence-electron chi connectivity index (χ3n) is 4.42. The number of carbonyl (C=O) groups excluding carboxylic acids is 1. The fourth-order valence-corrected chi connectivity index (χ4v) is 3.13. The predicted octanol–water partition coefficient (Wildman–Crippen LogP) is 2.34. The van der Waals surface area contributed by atoms with E-state index < -0.39 is 0 Å². The second kappa shape index (κ2) is 6.36. The largest absolute Gasteiger partial charge is 0.367 e. The lowest BCUT2D eigenvalue weighted by molar-refractivity contribution is 0.0757. The van der Waals surface area contributed by atoms with Gasteiger partial charge in [0, 0.05) is 31.1 Å². The lowest BCUT2D eigenvalue weighted by Gasteiger charge is -2.19. The SMILES string of the molecule is O=C(c1cccc(Cl)n1)N1CCc2ncnc(NC3CC3)c2CC1. The number of amides is 1. The van der Waals surface area contributed by atoms with E-state index in [1.165, 1.54) is 12.8 Å². The average molecular weight is 344 g/mol. The summed E-state index contributed by atoms with van der Waals surface area (Å²) >= 11 is 5.90. The standard InChI is InChI=1S/C17H18ClN5O/c18-15-3-1-2-14(22-15)17(24)23-8-6-12-13(7-9-23)19-10-20-16(12)21-11-4-5-11/h1-3,10-11H,4-9H2,(H,19,20,21). The van der Waals surface area contributed by atoms with E-state index >= 15 is 0 Å². The topological polar surface area (TPSA) is 71.0 Å². The van der Waals surface area contributed by atoms with Gasteiger partial charge in [0.15, 0.2) is 0 Å². The molecule has 1 fully saturated rings. The van der Waals surface area contributed by atoms with Crippen LogP contribution in [0.5, 0.6) is 0 Å². The van der Waals surface area contributed by atoms with Crippen LogP contribution in [-0.4, -0.2) is 44.9 Å². The van der Waals surface area contributed by atoms with Gasteiger partial charge in [0.1, 0.15) is 23.0 Å². The van der Waals surface area contributed by atoms with Gasteiger partial charge >= 0.3 is 0 Å². The summed E-state index contributed by atoms with van der Waals surface area (Å²) in [5, 5.41) is 3.80. The van der Waals surface area contributed by atoms with E-state index in [1.807, 2.05) is 4.90 Å². The highest BCUT2D eigenvalue weighted by Crippen LogP contribution is 2.27. The Bertz CT molecular complexity index is 777. The van der Waals surface area contributed by atoms with Gasteiger partial charge in [0.05, 0.1) is 5.69 Å². The number of fused-ring (bicyclic) bond motifs is 1. The molecule has 1 N–H and O–H groups in total. The molecule has 2 aliphatic rings. The molecule has 24 heavy (non-hydrogen) atoms. The number of halogens is 1. The van der Waals surface area contributed by atoms with E-state index in [-0.39, 0.29) is 5.91 Å². The van der Waals surface area contributed by atoms with Gasteiger partial charge in [-0.15, -0.1) is 0 Å². The molecule has 1 aliphatic carbocycles. The minimum Gasteiger partial charge on any atom is -0.367 e. The van der Waals surface area contributed by atoms with E-state index in [4.69, 9.17) is 11.6 Å². The van der Waals surface area contributed by atoms with Crippen molar-refractivity contribution in [3.05, 3.63) is 46.6 Å². The van der Waals surface area contributed by atoms with Crippen molar-refractivity contribution in [1.82, 2.24) is 19.9 Å². The Labute approximate surface area is 145 Å². The molecule has 2 aromatic rings. The maximum absolute atomic E-state index is 12.7. The van der Waals surface area contributed by atoms with Crippen LogP contribution < -0.4 is 5.32 Å². The van der Waals surface area contributed by atoms with Crippen LogP contribution in [0.15, 0.2) is 24.5 Å². The summed E-state index contributed by atoms with van der Waals surface area (Å²) in [4.78, 5) is 27.4. The van der Waals surface area contributed by atoms with E-state index in [1.54, 1.807) is 24.5 Å². The molecule has 0 bridgehead atoms. The Kier molecular flexibility index (Phi) is 4.06. The van der Waals surface area contributed by atoms with Crippen molar-refractivity contribution < 1.29 is 4.79 Å². The Morgan fingerprint density at radius 3 is 2.83 bits per heavy atom. The summed E-state index contributed by atoms with van der Waals surface area (Å²) in [6, 6.07) is 5.66. The summed E-state index contributed by atoms with van der Waals surface area (Å²) < 4.78 is 0. The number of hydrogen-bond donors (Lipinski definition) is 1. The monoisotopic (exact) mass is 343 g/mol. The maximum atomic E-state index is 12.7. The van der Waals surface area contributed by atoms with Crippen molar-refractivity contribution in [3.8, 4) is 0 Å². The Morgan fingerprint density at radius 2 is 2.04 bits per heavy atom. The minimum atomic E-state index is -0.0880. The lowest BCUT2D eigenvalue weighted by Crippen LogP contribution is -2.33. The molecule has 0 aromatic carbocycles. The number of pyridine rings is 1. The molecular formula is C17H18ClN5O. The molecule has 3 heterocycles. The zero-order valence-corrected chi connectivity index (χ0v) is 14.0. The summed E-state index contributed by atoms with van der Waals surface area (Å²) in [6.07, 6.45) is 5.48. The molecular weight excluding hydrogens is 326 g/mol. The van der Waals surface area contributed by atoms with Crippen LogP contribution in [0.3, 0.4) is 0 Å². The van der Waals surface area contributed by atoms with Gasteiger partial charge in [-0.25, -0.2) is 15.0 Å². The van der Waals surface area contributed by atoms with Crippen molar-refractivity contribution in [2.24, 2.45) is 0 Å². The quantitative estimate of drug-likeness (QED) is 0.866. The van der Waals surface area contributed by atoms with E-state index in [2.05, 4.69) is 20.3 Å².